The molecule has 3 aliphatic heterocycles. The maximum atomic E-state index is 5.38. The van der Waals surface area contributed by atoms with Crippen LogP contribution in [0, 0.1) is 0 Å². The van der Waals surface area contributed by atoms with Crippen molar-refractivity contribution in [3.8, 4) is 0 Å². The molecule has 3 N–H and O–H groups in total. The van der Waals surface area contributed by atoms with E-state index in [0.717, 1.165) is 26.2 Å². The van der Waals surface area contributed by atoms with Crippen LogP contribution in [0.25, 0.3) is 0 Å². The van der Waals surface area contributed by atoms with Gasteiger partial charge in [-0.15, -0.1) is 0 Å². The minimum atomic E-state index is 0.543. The zero-order chi connectivity index (χ0) is 17.6. The lowest BCUT2D eigenvalue weighted by Gasteiger charge is -2.23. The molecule has 0 radical (unpaired) electrons. The normalized spacial score (nSPS) is 23.4. The van der Waals surface area contributed by atoms with E-state index in [1.54, 1.807) is 0 Å². The Balaban J connectivity index is 0.000000185. The molecule has 3 rings (SSSR count). The van der Waals surface area contributed by atoms with Gasteiger partial charge in [0, 0.05) is 39.3 Å². The number of hydrogen-bond donors (Lipinski definition) is 2. The van der Waals surface area contributed by atoms with Crippen LogP contribution in [-0.4, -0.2) is 84.9 Å². The van der Waals surface area contributed by atoms with Gasteiger partial charge in [0.2, 0.25) is 0 Å². The third kappa shape index (κ3) is 12.4. The van der Waals surface area contributed by atoms with E-state index in [0.29, 0.717) is 4.32 Å². The monoisotopic (exact) mass is 375 g/mol. The molecule has 0 aromatic heterocycles. The van der Waals surface area contributed by atoms with Gasteiger partial charge in [0.05, 0.1) is 0 Å². The van der Waals surface area contributed by atoms with Gasteiger partial charge in [-0.05, 0) is 64.8 Å². The number of piperazine rings is 1. The van der Waals surface area contributed by atoms with Crippen LogP contribution < -0.4 is 11.1 Å². The first-order valence-corrected chi connectivity index (χ1v) is 10.6. The second kappa shape index (κ2) is 14.3. The van der Waals surface area contributed by atoms with E-state index >= 15 is 0 Å². The standard InChI is InChI=1S/C6H12N2S2.C6H13N.C5H12N2/c7-6(9)10-8-4-2-1-3-5-8;1-7-5-3-2-4-6-7;1-7-4-2-6-3-5-7/h1-5H2,(H2,7,9);2-6H2,1H3;6H,2-5H2,1H3. The number of piperidine rings is 2. The van der Waals surface area contributed by atoms with Crippen molar-refractivity contribution in [3.63, 3.8) is 0 Å². The van der Waals surface area contributed by atoms with Gasteiger partial charge in [-0.2, -0.15) is 0 Å². The SMILES string of the molecule is CN1CCCCC1.CN1CCNCC1.NC(=S)SN1CCCCC1. The van der Waals surface area contributed by atoms with Gasteiger partial charge < -0.3 is 20.9 Å². The summed E-state index contributed by atoms with van der Waals surface area (Å²) in [5.41, 5.74) is 5.38. The number of nitrogens with two attached hydrogens (primary N) is 1. The highest BCUT2D eigenvalue weighted by Gasteiger charge is 2.10. The molecule has 5 nitrogen and oxygen atoms in total. The number of likely N-dealkylation sites (tertiary alicyclic amines) is 1. The first-order valence-electron chi connectivity index (χ1n) is 9.38. The van der Waals surface area contributed by atoms with Crippen LogP contribution in [0.3, 0.4) is 0 Å². The number of nitrogens with zero attached hydrogens (tertiary/aromatic N) is 3. The summed E-state index contributed by atoms with van der Waals surface area (Å²) in [5, 5.41) is 3.27. The summed E-state index contributed by atoms with van der Waals surface area (Å²) in [6, 6.07) is 0. The molecule has 0 amide bonds. The maximum Gasteiger partial charge on any atom is 0.146 e. The van der Waals surface area contributed by atoms with Crippen molar-refractivity contribution in [2.75, 3.05) is 66.5 Å². The Morgan fingerprint density at radius 1 is 0.792 bits per heavy atom. The zero-order valence-electron chi connectivity index (χ0n) is 15.6. The van der Waals surface area contributed by atoms with E-state index in [1.807, 2.05) is 0 Å². The first-order chi connectivity index (χ1) is 11.6. The lowest BCUT2D eigenvalue weighted by molar-refractivity contribution is 0.277. The molecule has 3 heterocycles. The highest BCUT2D eigenvalue weighted by atomic mass is 32.2. The Labute approximate surface area is 158 Å². The summed E-state index contributed by atoms with van der Waals surface area (Å²) in [4.78, 5) is 4.72. The average Bonchev–Trinajstić information content (AvgIpc) is 2.58. The molecule has 3 aliphatic rings. The number of likely N-dealkylation sites (N-methyl/N-ethyl adjacent to an activating group) is 1. The summed E-state index contributed by atoms with van der Waals surface area (Å²) < 4.78 is 2.79. The van der Waals surface area contributed by atoms with E-state index in [9.17, 15) is 0 Å². The molecule has 0 spiro atoms. The largest absolute Gasteiger partial charge is 0.384 e. The molecular formula is C17H37N5S2. The fourth-order valence-electron chi connectivity index (χ4n) is 2.91. The van der Waals surface area contributed by atoms with E-state index in [4.69, 9.17) is 18.0 Å². The molecular weight excluding hydrogens is 338 g/mol. The molecule has 0 saturated carbocycles. The van der Waals surface area contributed by atoms with E-state index in [-0.39, 0.29) is 0 Å². The Morgan fingerprint density at radius 2 is 1.25 bits per heavy atom. The topological polar surface area (TPSA) is 47.8 Å². The van der Waals surface area contributed by atoms with Crippen molar-refractivity contribution in [1.82, 2.24) is 19.4 Å². The van der Waals surface area contributed by atoms with E-state index < -0.39 is 0 Å². The lowest BCUT2D eigenvalue weighted by atomic mass is 10.1. The van der Waals surface area contributed by atoms with Crippen LogP contribution in [0.2, 0.25) is 0 Å². The Hall–Kier alpha value is 0.0800. The van der Waals surface area contributed by atoms with Crippen LogP contribution in [0.5, 0.6) is 0 Å². The number of nitrogens with one attached hydrogen (secondary N) is 1. The summed E-state index contributed by atoms with van der Waals surface area (Å²) in [7, 11) is 4.35. The van der Waals surface area contributed by atoms with Crippen LogP contribution >= 0.6 is 24.2 Å². The first kappa shape index (κ1) is 22.1. The Morgan fingerprint density at radius 3 is 1.58 bits per heavy atom. The minimum absolute atomic E-state index is 0.543. The second-order valence-corrected chi connectivity index (χ2v) is 8.65. The highest BCUT2D eigenvalue weighted by Crippen LogP contribution is 2.17. The predicted molar refractivity (Wildman–Crippen MR) is 112 cm³/mol. The van der Waals surface area contributed by atoms with Gasteiger partial charge in [-0.1, -0.05) is 25.1 Å². The molecule has 3 fully saturated rings. The Kier molecular flexibility index (Phi) is 13.2. The van der Waals surface area contributed by atoms with Gasteiger partial charge in [0.15, 0.2) is 0 Å². The van der Waals surface area contributed by atoms with Crippen molar-refractivity contribution in [3.05, 3.63) is 0 Å². The van der Waals surface area contributed by atoms with Gasteiger partial charge in [-0.25, -0.2) is 4.31 Å². The summed E-state index contributed by atoms with van der Waals surface area (Å²) in [6.07, 6.45) is 8.21. The predicted octanol–water partition coefficient (Wildman–Crippen LogP) is 1.99. The summed E-state index contributed by atoms with van der Waals surface area (Å²) in [6.45, 7) is 9.66. The van der Waals surface area contributed by atoms with Crippen LogP contribution in [-0.2, 0) is 0 Å². The van der Waals surface area contributed by atoms with E-state index in [2.05, 4.69) is 33.5 Å². The van der Waals surface area contributed by atoms with Crippen LogP contribution in [0.1, 0.15) is 38.5 Å². The smallest absolute Gasteiger partial charge is 0.146 e. The van der Waals surface area contributed by atoms with Gasteiger partial charge in [0.25, 0.3) is 0 Å². The van der Waals surface area contributed by atoms with Crippen molar-refractivity contribution in [2.45, 2.75) is 38.5 Å². The third-order valence-corrected chi connectivity index (χ3v) is 5.48. The fraction of sp³-hybridized carbons (Fsp3) is 0.941. The number of thiocarbonyl (C=S) groups is 1. The molecule has 7 heteroatoms. The minimum Gasteiger partial charge on any atom is -0.384 e. The highest BCUT2D eigenvalue weighted by molar-refractivity contribution is 8.21. The molecule has 142 valence electrons. The molecule has 0 unspecified atom stereocenters. The number of rotatable bonds is 1. The molecule has 0 aromatic rings. The summed E-state index contributed by atoms with van der Waals surface area (Å²) in [5.74, 6) is 0. The van der Waals surface area contributed by atoms with Gasteiger partial charge >= 0.3 is 0 Å². The molecule has 3 saturated heterocycles. The van der Waals surface area contributed by atoms with Gasteiger partial charge in [0.1, 0.15) is 4.32 Å². The molecule has 0 atom stereocenters. The van der Waals surface area contributed by atoms with Crippen molar-refractivity contribution in [1.29, 1.82) is 0 Å². The molecule has 0 aliphatic carbocycles. The van der Waals surface area contributed by atoms with Gasteiger partial charge in [-0.3, -0.25) is 0 Å². The van der Waals surface area contributed by atoms with Crippen LogP contribution in [0.15, 0.2) is 0 Å². The molecule has 0 aromatic carbocycles. The maximum absolute atomic E-state index is 5.38. The zero-order valence-corrected chi connectivity index (χ0v) is 17.3. The summed E-state index contributed by atoms with van der Waals surface area (Å²) >= 11 is 6.29. The second-order valence-electron chi connectivity index (χ2n) is 6.82. The molecule has 24 heavy (non-hydrogen) atoms. The van der Waals surface area contributed by atoms with Crippen LogP contribution in [0.4, 0.5) is 0 Å². The van der Waals surface area contributed by atoms with Crippen molar-refractivity contribution >= 4 is 28.5 Å². The lowest BCUT2D eigenvalue weighted by Crippen LogP contribution is -2.40. The van der Waals surface area contributed by atoms with Crippen molar-refractivity contribution < 1.29 is 0 Å². The van der Waals surface area contributed by atoms with Crippen molar-refractivity contribution in [2.24, 2.45) is 5.73 Å². The Bertz CT molecular complexity index is 296. The quantitative estimate of drug-likeness (QED) is 0.537. The van der Waals surface area contributed by atoms with E-state index in [1.165, 1.54) is 76.7 Å². The molecule has 0 bridgehead atoms. The fourth-order valence-corrected chi connectivity index (χ4v) is 3.92. The third-order valence-electron chi connectivity index (χ3n) is 4.45. The average molecular weight is 376 g/mol. The number of hydrogen-bond acceptors (Lipinski definition) is 6.